The van der Waals surface area contributed by atoms with E-state index in [1.54, 1.807) is 11.8 Å². The standard InChI is InChI=1S/C11H18N2O3/c1-8-11(15)12-6-10(14)13(8)4-2-9-3-5-16-7-9/h8-9H,2-7H2,1H3,(H,12,15). The van der Waals surface area contributed by atoms with Gasteiger partial charge in [-0.2, -0.15) is 0 Å². The quantitative estimate of drug-likeness (QED) is 0.722. The van der Waals surface area contributed by atoms with Gasteiger partial charge >= 0.3 is 0 Å². The van der Waals surface area contributed by atoms with Crippen LogP contribution >= 0.6 is 0 Å². The minimum atomic E-state index is -0.330. The second-order valence-corrected chi connectivity index (χ2v) is 4.50. The summed E-state index contributed by atoms with van der Waals surface area (Å²) in [5.41, 5.74) is 0. The number of nitrogens with zero attached hydrogens (tertiary/aromatic N) is 1. The molecule has 90 valence electrons. The van der Waals surface area contributed by atoms with Crippen molar-refractivity contribution in [3.63, 3.8) is 0 Å². The first kappa shape index (κ1) is 11.4. The molecular weight excluding hydrogens is 208 g/mol. The minimum absolute atomic E-state index is 0.0195. The van der Waals surface area contributed by atoms with Gasteiger partial charge in [0.1, 0.15) is 6.04 Å². The molecule has 2 saturated heterocycles. The number of ether oxygens (including phenoxy) is 1. The number of nitrogens with one attached hydrogen (secondary N) is 1. The summed E-state index contributed by atoms with van der Waals surface area (Å²) in [4.78, 5) is 24.7. The highest BCUT2D eigenvalue weighted by Crippen LogP contribution is 2.18. The van der Waals surface area contributed by atoms with E-state index in [2.05, 4.69) is 5.32 Å². The molecule has 5 nitrogen and oxygen atoms in total. The molecule has 2 aliphatic heterocycles. The predicted molar refractivity (Wildman–Crippen MR) is 57.7 cm³/mol. The number of rotatable bonds is 3. The summed E-state index contributed by atoms with van der Waals surface area (Å²) in [6, 6.07) is -0.330. The third-order valence-corrected chi connectivity index (χ3v) is 3.38. The third kappa shape index (κ3) is 2.35. The van der Waals surface area contributed by atoms with Crippen LogP contribution < -0.4 is 5.32 Å². The molecule has 0 aromatic rings. The Morgan fingerprint density at radius 3 is 3.00 bits per heavy atom. The molecule has 2 atom stereocenters. The van der Waals surface area contributed by atoms with Crippen molar-refractivity contribution in [1.29, 1.82) is 0 Å². The third-order valence-electron chi connectivity index (χ3n) is 3.38. The molecular formula is C11H18N2O3. The lowest BCUT2D eigenvalue weighted by Crippen LogP contribution is -2.57. The number of hydrogen-bond donors (Lipinski definition) is 1. The molecule has 5 heteroatoms. The van der Waals surface area contributed by atoms with E-state index < -0.39 is 0 Å². The average molecular weight is 226 g/mol. The van der Waals surface area contributed by atoms with Gasteiger partial charge in [0, 0.05) is 19.8 Å². The maximum Gasteiger partial charge on any atom is 0.242 e. The van der Waals surface area contributed by atoms with Crippen LogP contribution in [0.15, 0.2) is 0 Å². The van der Waals surface area contributed by atoms with E-state index in [1.165, 1.54) is 0 Å². The Kier molecular flexibility index (Phi) is 3.43. The highest BCUT2D eigenvalue weighted by molar-refractivity contribution is 5.94. The van der Waals surface area contributed by atoms with Crippen LogP contribution in [0.2, 0.25) is 0 Å². The summed E-state index contributed by atoms with van der Waals surface area (Å²) in [5, 5.41) is 2.58. The van der Waals surface area contributed by atoms with Crippen molar-refractivity contribution in [3.05, 3.63) is 0 Å². The molecule has 2 amide bonds. The molecule has 2 rings (SSSR count). The van der Waals surface area contributed by atoms with E-state index in [0.29, 0.717) is 12.5 Å². The Balaban J connectivity index is 1.86. The van der Waals surface area contributed by atoms with E-state index in [9.17, 15) is 9.59 Å². The Morgan fingerprint density at radius 1 is 1.50 bits per heavy atom. The van der Waals surface area contributed by atoms with Gasteiger partial charge in [-0.15, -0.1) is 0 Å². The van der Waals surface area contributed by atoms with E-state index in [-0.39, 0.29) is 24.4 Å². The largest absolute Gasteiger partial charge is 0.381 e. The van der Waals surface area contributed by atoms with Crippen LogP contribution in [0.5, 0.6) is 0 Å². The highest BCUT2D eigenvalue weighted by atomic mass is 16.5. The van der Waals surface area contributed by atoms with Crippen molar-refractivity contribution in [2.45, 2.75) is 25.8 Å². The molecule has 0 aromatic heterocycles. The number of carbonyl (C=O) groups excluding carboxylic acids is 2. The van der Waals surface area contributed by atoms with Gasteiger partial charge in [-0.1, -0.05) is 0 Å². The van der Waals surface area contributed by atoms with Gasteiger partial charge in [0.05, 0.1) is 6.54 Å². The average Bonchev–Trinajstić information content (AvgIpc) is 2.77. The topological polar surface area (TPSA) is 58.6 Å². The van der Waals surface area contributed by atoms with Crippen molar-refractivity contribution >= 4 is 11.8 Å². The van der Waals surface area contributed by atoms with E-state index >= 15 is 0 Å². The van der Waals surface area contributed by atoms with Gasteiger partial charge in [0.25, 0.3) is 0 Å². The van der Waals surface area contributed by atoms with E-state index in [0.717, 1.165) is 26.1 Å². The van der Waals surface area contributed by atoms with Gasteiger partial charge in [-0.3, -0.25) is 9.59 Å². The van der Waals surface area contributed by atoms with E-state index in [4.69, 9.17) is 4.74 Å². The van der Waals surface area contributed by atoms with Crippen LogP contribution in [0.1, 0.15) is 19.8 Å². The summed E-state index contributed by atoms with van der Waals surface area (Å²) >= 11 is 0. The summed E-state index contributed by atoms with van der Waals surface area (Å²) in [6.45, 7) is 4.21. The molecule has 2 fully saturated rings. The highest BCUT2D eigenvalue weighted by Gasteiger charge is 2.31. The lowest BCUT2D eigenvalue weighted by molar-refractivity contribution is -0.145. The summed E-state index contributed by atoms with van der Waals surface area (Å²) in [5.74, 6) is 0.512. The monoisotopic (exact) mass is 226 g/mol. The van der Waals surface area contributed by atoms with Crippen molar-refractivity contribution < 1.29 is 14.3 Å². The summed E-state index contributed by atoms with van der Waals surface area (Å²) in [7, 11) is 0. The second-order valence-electron chi connectivity index (χ2n) is 4.50. The fourth-order valence-corrected chi connectivity index (χ4v) is 2.22. The second kappa shape index (κ2) is 4.82. The van der Waals surface area contributed by atoms with Crippen molar-refractivity contribution in [2.75, 3.05) is 26.3 Å². The van der Waals surface area contributed by atoms with Crippen LogP contribution in [0.3, 0.4) is 0 Å². The molecule has 2 aliphatic rings. The molecule has 0 spiro atoms. The van der Waals surface area contributed by atoms with Crippen LogP contribution in [0.25, 0.3) is 0 Å². The maximum absolute atomic E-state index is 11.6. The first-order valence-corrected chi connectivity index (χ1v) is 5.83. The Morgan fingerprint density at radius 2 is 2.31 bits per heavy atom. The van der Waals surface area contributed by atoms with Gasteiger partial charge < -0.3 is 15.0 Å². The zero-order valence-electron chi connectivity index (χ0n) is 9.57. The molecule has 0 radical (unpaired) electrons. The first-order valence-electron chi connectivity index (χ1n) is 5.83. The molecule has 16 heavy (non-hydrogen) atoms. The molecule has 1 N–H and O–H groups in total. The Labute approximate surface area is 95.1 Å². The Bertz CT molecular complexity index is 287. The SMILES string of the molecule is CC1C(=O)NCC(=O)N1CCC1CCOC1. The molecule has 0 saturated carbocycles. The van der Waals surface area contributed by atoms with Crippen LogP contribution in [0.4, 0.5) is 0 Å². The number of piperazine rings is 1. The number of hydrogen-bond acceptors (Lipinski definition) is 3. The summed E-state index contributed by atoms with van der Waals surface area (Å²) in [6.07, 6.45) is 2.01. The number of carbonyl (C=O) groups is 2. The molecule has 0 aromatic carbocycles. The first-order chi connectivity index (χ1) is 7.68. The normalized spacial score (nSPS) is 30.7. The lowest BCUT2D eigenvalue weighted by atomic mass is 10.0. The van der Waals surface area contributed by atoms with E-state index in [1.807, 2.05) is 0 Å². The van der Waals surface area contributed by atoms with Crippen LogP contribution in [-0.2, 0) is 14.3 Å². The maximum atomic E-state index is 11.6. The zero-order valence-corrected chi connectivity index (χ0v) is 9.57. The van der Waals surface area contributed by atoms with Crippen LogP contribution in [0, 0.1) is 5.92 Å². The van der Waals surface area contributed by atoms with Gasteiger partial charge in [-0.05, 0) is 25.7 Å². The fraction of sp³-hybridized carbons (Fsp3) is 0.818. The van der Waals surface area contributed by atoms with Crippen molar-refractivity contribution in [1.82, 2.24) is 10.2 Å². The van der Waals surface area contributed by atoms with Gasteiger partial charge in [-0.25, -0.2) is 0 Å². The van der Waals surface area contributed by atoms with Crippen LogP contribution in [-0.4, -0.2) is 49.1 Å². The van der Waals surface area contributed by atoms with Gasteiger partial charge in [0.2, 0.25) is 11.8 Å². The molecule has 2 heterocycles. The smallest absolute Gasteiger partial charge is 0.242 e. The molecule has 2 unspecified atom stereocenters. The van der Waals surface area contributed by atoms with Crippen molar-refractivity contribution in [2.24, 2.45) is 5.92 Å². The van der Waals surface area contributed by atoms with Gasteiger partial charge in [0.15, 0.2) is 0 Å². The predicted octanol–water partition coefficient (Wildman–Crippen LogP) is -0.240. The Hall–Kier alpha value is -1.10. The molecule has 0 aliphatic carbocycles. The summed E-state index contributed by atoms with van der Waals surface area (Å²) < 4.78 is 5.29. The fourth-order valence-electron chi connectivity index (χ4n) is 2.22. The van der Waals surface area contributed by atoms with Crippen molar-refractivity contribution in [3.8, 4) is 0 Å². The lowest BCUT2D eigenvalue weighted by Gasteiger charge is -2.33. The zero-order chi connectivity index (χ0) is 11.5. The number of amides is 2. The molecule has 0 bridgehead atoms. The minimum Gasteiger partial charge on any atom is -0.381 e.